The van der Waals surface area contributed by atoms with Gasteiger partial charge in [0.15, 0.2) is 22.8 Å². The molecule has 1 aliphatic heterocycles. The van der Waals surface area contributed by atoms with Crippen LogP contribution in [0, 0.1) is 17.1 Å². The molecule has 188 valence electrons. The van der Waals surface area contributed by atoms with Crippen LogP contribution in [0.3, 0.4) is 0 Å². The van der Waals surface area contributed by atoms with E-state index in [-0.39, 0.29) is 36.0 Å². The molecule has 0 saturated carbocycles. The minimum Gasteiger partial charge on any atom is -0.349 e. The lowest BCUT2D eigenvalue weighted by Crippen LogP contribution is -2.59. The van der Waals surface area contributed by atoms with E-state index in [0.717, 1.165) is 25.1 Å². The molecule has 0 aliphatic carbocycles. The van der Waals surface area contributed by atoms with Crippen LogP contribution >= 0.6 is 0 Å². The number of rotatable bonds is 6. The zero-order chi connectivity index (χ0) is 25.6. The van der Waals surface area contributed by atoms with Crippen molar-refractivity contribution in [2.24, 2.45) is 7.05 Å². The molecule has 0 unspecified atom stereocenters. The number of nitrogens with zero attached hydrogens (tertiary/aromatic N) is 10. The number of hydrogen-bond donors (Lipinski definition) is 0. The molecule has 0 N–H and O–H groups in total. The third-order valence-corrected chi connectivity index (χ3v) is 7.26. The van der Waals surface area contributed by atoms with Gasteiger partial charge in [-0.15, -0.1) is 0 Å². The Bertz CT molecular complexity index is 1520. The van der Waals surface area contributed by atoms with E-state index in [4.69, 9.17) is 5.26 Å². The molecule has 0 radical (unpaired) electrons. The van der Waals surface area contributed by atoms with Gasteiger partial charge in [0.05, 0.1) is 29.7 Å². The molecule has 12 heteroatoms. The van der Waals surface area contributed by atoms with Gasteiger partial charge in [-0.1, -0.05) is 13.8 Å². The Balaban J connectivity index is 1.51. The normalized spacial score (nSPS) is 19.7. The van der Waals surface area contributed by atoms with E-state index in [1.54, 1.807) is 24.1 Å². The second-order valence-corrected chi connectivity index (χ2v) is 9.26. The second kappa shape index (κ2) is 9.31. The average molecular weight is 493 g/mol. The summed E-state index contributed by atoms with van der Waals surface area (Å²) in [6.07, 6.45) is 6.34. The maximum atomic E-state index is 14.1. The van der Waals surface area contributed by atoms with E-state index < -0.39 is 5.82 Å². The molecule has 11 nitrogen and oxygen atoms in total. The third-order valence-electron chi connectivity index (χ3n) is 7.26. The van der Waals surface area contributed by atoms with Crippen LogP contribution in [-0.2, 0) is 13.6 Å². The number of piperazine rings is 1. The lowest BCUT2D eigenvalue weighted by Gasteiger charge is -2.48. The van der Waals surface area contributed by atoms with Crippen LogP contribution in [0.4, 0.5) is 10.2 Å². The minimum absolute atomic E-state index is 0.0445. The van der Waals surface area contributed by atoms with Crippen molar-refractivity contribution in [3.05, 3.63) is 46.7 Å². The Morgan fingerprint density at radius 2 is 2.00 bits per heavy atom. The summed E-state index contributed by atoms with van der Waals surface area (Å²) in [5, 5.41) is 17.7. The van der Waals surface area contributed by atoms with E-state index >= 15 is 0 Å². The number of aryl methyl sites for hydroxylation is 1. The molecular formula is C24H29FN10O. The molecule has 4 aromatic rings. The first-order valence-corrected chi connectivity index (χ1v) is 12.2. The Labute approximate surface area is 207 Å². The highest BCUT2D eigenvalue weighted by Crippen LogP contribution is 2.33. The van der Waals surface area contributed by atoms with Crippen LogP contribution in [0.25, 0.3) is 16.7 Å². The molecule has 4 aromatic heterocycles. The number of aromatic nitrogens is 7. The summed E-state index contributed by atoms with van der Waals surface area (Å²) >= 11 is 0. The van der Waals surface area contributed by atoms with Gasteiger partial charge in [-0.05, 0) is 25.8 Å². The van der Waals surface area contributed by atoms with Crippen molar-refractivity contribution in [3.63, 3.8) is 0 Å². The quantitative estimate of drug-likeness (QED) is 0.403. The van der Waals surface area contributed by atoms with Crippen molar-refractivity contribution in [2.45, 2.75) is 58.3 Å². The van der Waals surface area contributed by atoms with Gasteiger partial charge < -0.3 is 4.90 Å². The van der Waals surface area contributed by atoms with Gasteiger partial charge in [0.1, 0.15) is 6.54 Å². The Hall–Kier alpha value is -3.85. The summed E-state index contributed by atoms with van der Waals surface area (Å²) in [6, 6.07) is 4.17. The monoisotopic (exact) mass is 492 g/mol. The van der Waals surface area contributed by atoms with Gasteiger partial charge in [-0.25, -0.2) is 18.7 Å². The van der Waals surface area contributed by atoms with Crippen molar-refractivity contribution < 1.29 is 4.39 Å². The standard InChI is InChI=1S/C24H29FN10O/c1-5-16-13-34(23-21-20(31(4)24(36)29-23)14-32(30-21)10-8-26)17(6-2)12-33(16)15(3)19-7-9-35-22(28-19)18(25)11-27-35/h7,9,11,14-17H,5-6,10,12-13H2,1-4H3/t15-,16+,17-/m0/s1. The molecule has 0 amide bonds. The smallest absolute Gasteiger partial charge is 0.349 e. The first-order valence-electron chi connectivity index (χ1n) is 12.2. The first kappa shape index (κ1) is 23.9. The fourth-order valence-electron chi connectivity index (χ4n) is 5.17. The fourth-order valence-corrected chi connectivity index (χ4v) is 5.17. The molecule has 0 spiro atoms. The SMILES string of the molecule is CC[C@H]1CN([C@@H](C)c2ccn3ncc(F)c3n2)[C@H](CC)CN1c1nc(=O)n(C)c2cn(CC#N)nc12. The maximum absolute atomic E-state index is 14.1. The highest BCUT2D eigenvalue weighted by atomic mass is 19.1. The third kappa shape index (κ3) is 3.89. The number of hydrogen-bond acceptors (Lipinski definition) is 8. The van der Waals surface area contributed by atoms with Crippen LogP contribution in [-0.4, -0.2) is 64.0 Å². The molecule has 3 atom stereocenters. The van der Waals surface area contributed by atoms with E-state index in [9.17, 15) is 9.18 Å². The zero-order valence-corrected chi connectivity index (χ0v) is 20.8. The zero-order valence-electron chi connectivity index (χ0n) is 20.8. The lowest BCUT2D eigenvalue weighted by atomic mass is 9.99. The average Bonchev–Trinajstić information content (AvgIpc) is 3.48. The minimum atomic E-state index is -0.441. The molecular weight excluding hydrogens is 463 g/mol. The van der Waals surface area contributed by atoms with Crippen molar-refractivity contribution in [3.8, 4) is 6.07 Å². The first-order chi connectivity index (χ1) is 17.4. The van der Waals surface area contributed by atoms with Gasteiger partial charge in [0.25, 0.3) is 0 Å². The second-order valence-electron chi connectivity index (χ2n) is 9.26. The van der Waals surface area contributed by atoms with Crippen LogP contribution in [0.15, 0.2) is 29.5 Å². The summed E-state index contributed by atoms with van der Waals surface area (Å²) in [5.41, 5.74) is 1.92. The Morgan fingerprint density at radius 3 is 2.72 bits per heavy atom. The highest BCUT2D eigenvalue weighted by molar-refractivity contribution is 5.85. The summed E-state index contributed by atoms with van der Waals surface area (Å²) in [6.45, 7) is 7.82. The Kier molecular flexibility index (Phi) is 6.17. The van der Waals surface area contributed by atoms with Crippen LogP contribution in [0.2, 0.25) is 0 Å². The molecule has 5 heterocycles. The summed E-state index contributed by atoms with van der Waals surface area (Å²) in [7, 11) is 1.67. The fraction of sp³-hybridized carbons (Fsp3) is 0.500. The predicted molar refractivity (Wildman–Crippen MR) is 132 cm³/mol. The maximum Gasteiger partial charge on any atom is 0.349 e. The topological polar surface area (TPSA) is 113 Å². The lowest BCUT2D eigenvalue weighted by molar-refractivity contribution is 0.0988. The van der Waals surface area contributed by atoms with E-state index in [2.05, 4.69) is 56.8 Å². The highest BCUT2D eigenvalue weighted by Gasteiger charge is 2.37. The van der Waals surface area contributed by atoms with E-state index in [1.807, 2.05) is 6.07 Å². The van der Waals surface area contributed by atoms with Crippen molar-refractivity contribution in [2.75, 3.05) is 18.0 Å². The van der Waals surface area contributed by atoms with E-state index in [0.29, 0.717) is 23.4 Å². The molecule has 5 rings (SSSR count). The number of anilines is 1. The van der Waals surface area contributed by atoms with Crippen molar-refractivity contribution in [1.82, 2.24) is 38.8 Å². The summed E-state index contributed by atoms with van der Waals surface area (Å²) in [5.74, 6) is 0.118. The van der Waals surface area contributed by atoms with Gasteiger partial charge in [-0.2, -0.15) is 20.4 Å². The molecule has 0 bridgehead atoms. The van der Waals surface area contributed by atoms with Crippen LogP contribution in [0.5, 0.6) is 0 Å². The molecule has 36 heavy (non-hydrogen) atoms. The van der Waals surface area contributed by atoms with Crippen LogP contribution < -0.4 is 10.6 Å². The van der Waals surface area contributed by atoms with Gasteiger partial charge in [0, 0.05) is 44.5 Å². The molecule has 0 aromatic carbocycles. The van der Waals surface area contributed by atoms with Crippen molar-refractivity contribution in [1.29, 1.82) is 5.26 Å². The van der Waals surface area contributed by atoms with Crippen LogP contribution in [0.1, 0.15) is 45.3 Å². The number of fused-ring (bicyclic) bond motifs is 2. The molecule has 1 saturated heterocycles. The number of nitriles is 1. The summed E-state index contributed by atoms with van der Waals surface area (Å²) < 4.78 is 18.6. The number of halogens is 1. The van der Waals surface area contributed by atoms with Gasteiger partial charge in [0.2, 0.25) is 0 Å². The van der Waals surface area contributed by atoms with Gasteiger partial charge in [-0.3, -0.25) is 14.1 Å². The van der Waals surface area contributed by atoms with E-state index in [1.165, 1.54) is 15.3 Å². The molecule has 1 fully saturated rings. The largest absolute Gasteiger partial charge is 0.349 e. The van der Waals surface area contributed by atoms with Crippen molar-refractivity contribution >= 4 is 22.5 Å². The predicted octanol–water partition coefficient (Wildman–Crippen LogP) is 2.28. The van der Waals surface area contributed by atoms with Gasteiger partial charge >= 0.3 is 5.69 Å². The Morgan fingerprint density at radius 1 is 1.22 bits per heavy atom. The summed E-state index contributed by atoms with van der Waals surface area (Å²) in [4.78, 5) is 26.3. The molecule has 1 aliphatic rings.